The van der Waals surface area contributed by atoms with Crippen molar-refractivity contribution in [2.45, 2.75) is 0 Å². The summed E-state index contributed by atoms with van der Waals surface area (Å²) in [5.74, 6) is -0.744. The SMILES string of the molecule is Cn1c(=O)c2c(=O)c(-c3ccccc3)c(O)oc2c2c(=O)n(-c3ccccc3)c(=O)n(-c3ccccc3)c21. The molecule has 9 nitrogen and oxygen atoms in total. The first-order chi connectivity index (χ1) is 18.4. The van der Waals surface area contributed by atoms with Crippen LogP contribution in [0, 0.1) is 0 Å². The first-order valence-electron chi connectivity index (χ1n) is 11.7. The second kappa shape index (κ2) is 8.59. The van der Waals surface area contributed by atoms with Crippen LogP contribution in [0.5, 0.6) is 5.95 Å². The second-order valence-corrected chi connectivity index (χ2v) is 8.67. The molecule has 3 aromatic heterocycles. The Morgan fingerprint density at radius 3 is 1.76 bits per heavy atom. The van der Waals surface area contributed by atoms with Crippen molar-refractivity contribution in [2.24, 2.45) is 7.05 Å². The van der Waals surface area contributed by atoms with Crippen molar-refractivity contribution >= 4 is 22.0 Å². The smallest absolute Gasteiger partial charge is 0.341 e. The van der Waals surface area contributed by atoms with E-state index in [2.05, 4.69) is 0 Å². The number of aromatic nitrogens is 3. The van der Waals surface area contributed by atoms with E-state index in [0.717, 1.165) is 9.13 Å². The predicted octanol–water partition coefficient (Wildman–Crippen LogP) is 3.32. The maximum Gasteiger partial charge on any atom is 0.341 e. The molecule has 3 heterocycles. The Labute approximate surface area is 213 Å². The largest absolute Gasteiger partial charge is 0.480 e. The van der Waals surface area contributed by atoms with Crippen LogP contribution in [0.25, 0.3) is 44.5 Å². The molecule has 0 amide bonds. The van der Waals surface area contributed by atoms with Gasteiger partial charge in [0.15, 0.2) is 5.58 Å². The van der Waals surface area contributed by atoms with Crippen molar-refractivity contribution < 1.29 is 9.52 Å². The maximum absolute atomic E-state index is 14.0. The summed E-state index contributed by atoms with van der Waals surface area (Å²) in [5.41, 5.74) is -2.76. The third-order valence-electron chi connectivity index (χ3n) is 6.48. The number of para-hydroxylation sites is 2. The van der Waals surface area contributed by atoms with Crippen molar-refractivity contribution in [3.05, 3.63) is 132 Å². The molecule has 0 fully saturated rings. The van der Waals surface area contributed by atoms with Crippen molar-refractivity contribution in [2.75, 3.05) is 0 Å². The molecule has 0 unspecified atom stereocenters. The van der Waals surface area contributed by atoms with Crippen LogP contribution in [0.3, 0.4) is 0 Å². The Morgan fingerprint density at radius 2 is 1.18 bits per heavy atom. The van der Waals surface area contributed by atoms with Crippen molar-refractivity contribution in [3.8, 4) is 28.4 Å². The third kappa shape index (κ3) is 3.26. The molecule has 0 aliphatic heterocycles. The van der Waals surface area contributed by atoms with Crippen LogP contribution >= 0.6 is 0 Å². The molecule has 0 radical (unpaired) electrons. The van der Waals surface area contributed by atoms with Crippen LogP contribution in [0.4, 0.5) is 0 Å². The van der Waals surface area contributed by atoms with Crippen LogP contribution in [-0.4, -0.2) is 18.8 Å². The van der Waals surface area contributed by atoms with Crippen LogP contribution < -0.4 is 22.2 Å². The Morgan fingerprint density at radius 1 is 0.658 bits per heavy atom. The highest BCUT2D eigenvalue weighted by Gasteiger charge is 2.27. The lowest BCUT2D eigenvalue weighted by atomic mass is 10.0. The van der Waals surface area contributed by atoms with E-state index in [0.29, 0.717) is 11.3 Å². The fourth-order valence-corrected chi connectivity index (χ4v) is 4.75. The first kappa shape index (κ1) is 23.0. The molecule has 0 saturated carbocycles. The van der Waals surface area contributed by atoms with Gasteiger partial charge in [0.2, 0.25) is 5.43 Å². The minimum atomic E-state index is -0.806. The van der Waals surface area contributed by atoms with E-state index in [1.54, 1.807) is 91.0 Å². The van der Waals surface area contributed by atoms with E-state index in [9.17, 15) is 24.3 Å². The number of nitrogens with zero attached hydrogens (tertiary/aromatic N) is 3. The quantitative estimate of drug-likeness (QED) is 0.369. The van der Waals surface area contributed by atoms with Gasteiger partial charge >= 0.3 is 5.69 Å². The molecular weight excluding hydrogens is 486 g/mol. The number of aryl methyl sites for hydroxylation is 1. The molecule has 0 spiro atoms. The van der Waals surface area contributed by atoms with Crippen LogP contribution in [0.2, 0.25) is 0 Å². The average molecular weight is 505 g/mol. The lowest BCUT2D eigenvalue weighted by Gasteiger charge is -2.17. The number of hydrogen-bond donors (Lipinski definition) is 1. The Balaban J connectivity index is 1.91. The molecule has 0 saturated heterocycles. The molecule has 6 aromatic rings. The van der Waals surface area contributed by atoms with Gasteiger partial charge in [0.25, 0.3) is 17.1 Å². The summed E-state index contributed by atoms with van der Waals surface area (Å²) in [6.07, 6.45) is 0. The van der Waals surface area contributed by atoms with Crippen LogP contribution in [0.1, 0.15) is 0 Å². The lowest BCUT2D eigenvalue weighted by Crippen LogP contribution is -2.41. The summed E-state index contributed by atoms with van der Waals surface area (Å²) >= 11 is 0. The summed E-state index contributed by atoms with van der Waals surface area (Å²) in [5, 5.41) is 10.2. The average Bonchev–Trinajstić information content (AvgIpc) is 2.93. The van der Waals surface area contributed by atoms with E-state index in [-0.39, 0.29) is 22.3 Å². The van der Waals surface area contributed by atoms with E-state index in [1.165, 1.54) is 11.6 Å². The molecule has 0 aliphatic carbocycles. The van der Waals surface area contributed by atoms with E-state index in [1.807, 2.05) is 0 Å². The first-order valence-corrected chi connectivity index (χ1v) is 11.7. The summed E-state index contributed by atoms with van der Waals surface area (Å²) in [6.45, 7) is 0. The van der Waals surface area contributed by atoms with Gasteiger partial charge in [0.05, 0.1) is 11.4 Å². The number of rotatable bonds is 3. The molecule has 38 heavy (non-hydrogen) atoms. The van der Waals surface area contributed by atoms with Crippen LogP contribution in [0.15, 0.2) is 115 Å². The van der Waals surface area contributed by atoms with E-state index >= 15 is 0 Å². The molecule has 0 atom stereocenters. The number of benzene rings is 3. The standard InChI is InChI=1S/C29H19N3O6/c1-30-25-22(24-21(26(30)34)23(33)20(28(36)38-24)17-11-5-2-6-12-17)27(35)32(19-15-9-4-10-16-19)29(37)31(25)18-13-7-3-8-14-18/h2-16,36H,1H3. The fraction of sp³-hybridized carbons (Fsp3) is 0.0345. The van der Waals surface area contributed by atoms with Gasteiger partial charge in [0.1, 0.15) is 22.0 Å². The molecule has 0 aliphatic rings. The summed E-state index contributed by atoms with van der Waals surface area (Å²) < 4.78 is 8.94. The van der Waals surface area contributed by atoms with E-state index in [4.69, 9.17) is 4.42 Å². The monoisotopic (exact) mass is 505 g/mol. The van der Waals surface area contributed by atoms with Gasteiger partial charge in [-0.2, -0.15) is 0 Å². The zero-order valence-corrected chi connectivity index (χ0v) is 20.0. The summed E-state index contributed by atoms with van der Waals surface area (Å²) in [4.78, 5) is 55.1. The zero-order valence-electron chi connectivity index (χ0n) is 20.0. The molecule has 6 rings (SSSR count). The minimum absolute atomic E-state index is 0.0779. The normalized spacial score (nSPS) is 11.3. The summed E-state index contributed by atoms with van der Waals surface area (Å²) in [6, 6.07) is 25.1. The highest BCUT2D eigenvalue weighted by atomic mass is 16.5. The third-order valence-corrected chi connectivity index (χ3v) is 6.48. The van der Waals surface area contributed by atoms with Gasteiger partial charge in [-0.15, -0.1) is 0 Å². The van der Waals surface area contributed by atoms with Crippen molar-refractivity contribution in [3.63, 3.8) is 0 Å². The Bertz CT molecular complexity index is 2110. The van der Waals surface area contributed by atoms with Gasteiger partial charge in [-0.05, 0) is 29.8 Å². The number of aromatic hydroxyl groups is 1. The molecule has 9 heteroatoms. The Hall–Kier alpha value is -5.44. The van der Waals surface area contributed by atoms with Crippen LogP contribution in [-0.2, 0) is 7.05 Å². The zero-order chi connectivity index (χ0) is 26.6. The van der Waals surface area contributed by atoms with Crippen molar-refractivity contribution in [1.29, 1.82) is 0 Å². The maximum atomic E-state index is 14.0. The van der Waals surface area contributed by atoms with Gasteiger partial charge in [-0.3, -0.25) is 19.0 Å². The Kier molecular flexibility index (Phi) is 5.20. The summed E-state index contributed by atoms with van der Waals surface area (Å²) in [7, 11) is 1.38. The molecular formula is C29H19N3O6. The van der Waals surface area contributed by atoms with Gasteiger partial charge in [0, 0.05) is 7.05 Å². The number of hydrogen-bond acceptors (Lipinski definition) is 6. The molecule has 1 N–H and O–H groups in total. The number of fused-ring (bicyclic) bond motifs is 3. The minimum Gasteiger partial charge on any atom is -0.480 e. The second-order valence-electron chi connectivity index (χ2n) is 8.67. The van der Waals surface area contributed by atoms with Gasteiger partial charge in [-0.25, -0.2) is 13.9 Å². The molecule has 0 bridgehead atoms. The predicted molar refractivity (Wildman–Crippen MR) is 144 cm³/mol. The topological polar surface area (TPSA) is 116 Å². The van der Waals surface area contributed by atoms with Crippen molar-refractivity contribution in [1.82, 2.24) is 13.7 Å². The van der Waals surface area contributed by atoms with E-state index < -0.39 is 39.2 Å². The molecule has 186 valence electrons. The fourth-order valence-electron chi connectivity index (χ4n) is 4.75. The molecule has 3 aromatic carbocycles. The highest BCUT2D eigenvalue weighted by Crippen LogP contribution is 2.30. The van der Waals surface area contributed by atoms with Gasteiger partial charge < -0.3 is 9.52 Å². The van der Waals surface area contributed by atoms with Gasteiger partial charge in [-0.1, -0.05) is 66.7 Å². The number of pyridine rings is 1. The lowest BCUT2D eigenvalue weighted by molar-refractivity contribution is 0.342. The highest BCUT2D eigenvalue weighted by molar-refractivity contribution is 6.02.